The molecule has 106 valence electrons. The van der Waals surface area contributed by atoms with Gasteiger partial charge in [-0.2, -0.15) is 0 Å². The molecule has 1 aromatic heterocycles. The molecule has 0 spiro atoms. The van der Waals surface area contributed by atoms with Crippen LogP contribution in [0.4, 0.5) is 5.69 Å². The molecule has 0 radical (unpaired) electrons. The number of benzene rings is 2. The molecule has 1 heterocycles. The predicted molar refractivity (Wildman–Crippen MR) is 87.5 cm³/mol. The highest BCUT2D eigenvalue weighted by atomic mass is 32.1. The summed E-state index contributed by atoms with van der Waals surface area (Å²) in [6, 6.07) is 14.0. The van der Waals surface area contributed by atoms with Crippen molar-refractivity contribution in [2.24, 2.45) is 0 Å². The van der Waals surface area contributed by atoms with Gasteiger partial charge in [-0.1, -0.05) is 24.3 Å². The standard InChI is InChI=1S/C17H16N2OS/c1-12-4-2-3-5-14(12)9-20-17-7-6-13(8-15(17)18)16-10-21-11-19-16/h2-8,10-11H,9,18H2,1H3. The molecule has 4 heteroatoms. The molecule has 0 fully saturated rings. The summed E-state index contributed by atoms with van der Waals surface area (Å²) >= 11 is 1.57. The Balaban J connectivity index is 1.76. The van der Waals surface area contributed by atoms with Gasteiger partial charge in [-0.25, -0.2) is 4.98 Å². The first-order valence-electron chi connectivity index (χ1n) is 6.69. The molecule has 3 aromatic rings. The van der Waals surface area contributed by atoms with Crippen molar-refractivity contribution in [2.75, 3.05) is 5.73 Å². The number of aryl methyl sites for hydroxylation is 1. The Morgan fingerprint density at radius 3 is 2.76 bits per heavy atom. The van der Waals surface area contributed by atoms with E-state index in [4.69, 9.17) is 10.5 Å². The highest BCUT2D eigenvalue weighted by Crippen LogP contribution is 2.29. The summed E-state index contributed by atoms with van der Waals surface area (Å²) in [5, 5.41) is 2.00. The Morgan fingerprint density at radius 2 is 2.05 bits per heavy atom. The van der Waals surface area contributed by atoms with E-state index in [0.29, 0.717) is 18.0 Å². The van der Waals surface area contributed by atoms with Gasteiger partial charge in [0, 0.05) is 10.9 Å². The Kier molecular flexibility index (Phi) is 3.88. The summed E-state index contributed by atoms with van der Waals surface area (Å²) < 4.78 is 5.83. The van der Waals surface area contributed by atoms with Crippen molar-refractivity contribution >= 4 is 17.0 Å². The quantitative estimate of drug-likeness (QED) is 0.731. The minimum atomic E-state index is 0.521. The van der Waals surface area contributed by atoms with E-state index in [-0.39, 0.29) is 0 Å². The van der Waals surface area contributed by atoms with Crippen molar-refractivity contribution < 1.29 is 4.74 Å². The number of anilines is 1. The molecule has 0 aliphatic rings. The fraction of sp³-hybridized carbons (Fsp3) is 0.118. The van der Waals surface area contributed by atoms with Crippen LogP contribution in [-0.4, -0.2) is 4.98 Å². The number of aromatic nitrogens is 1. The first-order chi connectivity index (χ1) is 10.2. The maximum atomic E-state index is 6.08. The van der Waals surface area contributed by atoms with E-state index < -0.39 is 0 Å². The van der Waals surface area contributed by atoms with Crippen LogP contribution in [0.3, 0.4) is 0 Å². The van der Waals surface area contributed by atoms with Crippen molar-refractivity contribution in [1.82, 2.24) is 4.98 Å². The first kappa shape index (κ1) is 13.6. The second-order valence-corrected chi connectivity index (χ2v) is 5.56. The third-order valence-corrected chi connectivity index (χ3v) is 3.97. The Bertz CT molecular complexity index is 738. The second kappa shape index (κ2) is 5.97. The van der Waals surface area contributed by atoms with E-state index in [2.05, 4.69) is 24.0 Å². The number of nitrogens with two attached hydrogens (primary N) is 1. The number of nitrogen functional groups attached to an aromatic ring is 1. The molecule has 0 unspecified atom stereocenters. The zero-order valence-electron chi connectivity index (χ0n) is 11.7. The summed E-state index contributed by atoms with van der Waals surface area (Å²) in [4.78, 5) is 4.28. The van der Waals surface area contributed by atoms with Crippen molar-refractivity contribution in [2.45, 2.75) is 13.5 Å². The van der Waals surface area contributed by atoms with Crippen LogP contribution in [0.15, 0.2) is 53.4 Å². The first-order valence-corrected chi connectivity index (χ1v) is 7.64. The van der Waals surface area contributed by atoms with Crippen molar-refractivity contribution in [3.05, 3.63) is 64.5 Å². The average Bonchev–Trinajstić information content (AvgIpc) is 3.02. The average molecular weight is 296 g/mol. The Hall–Kier alpha value is -2.33. The molecule has 2 aromatic carbocycles. The van der Waals surface area contributed by atoms with Crippen molar-refractivity contribution in [3.63, 3.8) is 0 Å². The van der Waals surface area contributed by atoms with Crippen LogP contribution in [0, 0.1) is 6.92 Å². The smallest absolute Gasteiger partial charge is 0.142 e. The number of rotatable bonds is 4. The predicted octanol–water partition coefficient (Wildman–Crippen LogP) is 4.28. The highest BCUT2D eigenvalue weighted by Gasteiger charge is 2.06. The zero-order chi connectivity index (χ0) is 14.7. The van der Waals surface area contributed by atoms with Crippen LogP contribution in [-0.2, 0) is 6.61 Å². The Morgan fingerprint density at radius 1 is 1.19 bits per heavy atom. The number of hydrogen-bond donors (Lipinski definition) is 1. The van der Waals surface area contributed by atoms with Gasteiger partial charge in [0.15, 0.2) is 0 Å². The van der Waals surface area contributed by atoms with Crippen molar-refractivity contribution in [1.29, 1.82) is 0 Å². The van der Waals surface area contributed by atoms with E-state index in [1.165, 1.54) is 11.1 Å². The fourth-order valence-corrected chi connectivity index (χ4v) is 2.68. The molecular formula is C17H16N2OS. The van der Waals surface area contributed by atoms with E-state index in [1.807, 2.05) is 41.2 Å². The van der Waals surface area contributed by atoms with Crippen LogP contribution in [0.5, 0.6) is 5.75 Å². The lowest BCUT2D eigenvalue weighted by Gasteiger charge is -2.11. The largest absolute Gasteiger partial charge is 0.487 e. The third-order valence-electron chi connectivity index (χ3n) is 3.38. The van der Waals surface area contributed by atoms with E-state index in [0.717, 1.165) is 11.3 Å². The normalized spacial score (nSPS) is 10.5. The Labute approximate surface area is 128 Å². The van der Waals surface area contributed by atoms with E-state index in [1.54, 1.807) is 11.3 Å². The number of hydrogen-bond acceptors (Lipinski definition) is 4. The fourth-order valence-electron chi connectivity index (χ4n) is 2.12. The molecule has 0 bridgehead atoms. The van der Waals surface area contributed by atoms with Gasteiger partial charge in [0.25, 0.3) is 0 Å². The van der Waals surface area contributed by atoms with Gasteiger partial charge in [-0.05, 0) is 36.2 Å². The minimum absolute atomic E-state index is 0.521. The molecular weight excluding hydrogens is 280 g/mol. The maximum absolute atomic E-state index is 6.08. The molecule has 0 atom stereocenters. The zero-order valence-corrected chi connectivity index (χ0v) is 12.6. The van der Waals surface area contributed by atoms with E-state index >= 15 is 0 Å². The van der Waals surface area contributed by atoms with Crippen LogP contribution >= 0.6 is 11.3 Å². The van der Waals surface area contributed by atoms with E-state index in [9.17, 15) is 0 Å². The maximum Gasteiger partial charge on any atom is 0.142 e. The van der Waals surface area contributed by atoms with Gasteiger partial charge >= 0.3 is 0 Å². The summed E-state index contributed by atoms with van der Waals surface area (Å²) in [5.41, 5.74) is 12.9. The lowest BCUT2D eigenvalue weighted by atomic mass is 10.1. The number of thiazole rings is 1. The lowest BCUT2D eigenvalue weighted by molar-refractivity contribution is 0.307. The molecule has 21 heavy (non-hydrogen) atoms. The van der Waals surface area contributed by atoms with Gasteiger partial charge in [0.05, 0.1) is 16.9 Å². The van der Waals surface area contributed by atoms with Crippen LogP contribution in [0.25, 0.3) is 11.3 Å². The molecule has 0 saturated heterocycles. The summed E-state index contributed by atoms with van der Waals surface area (Å²) in [6.45, 7) is 2.60. The number of nitrogens with zero attached hydrogens (tertiary/aromatic N) is 1. The molecule has 3 rings (SSSR count). The summed E-state index contributed by atoms with van der Waals surface area (Å²) in [7, 11) is 0. The van der Waals surface area contributed by atoms with Gasteiger partial charge in [-0.3, -0.25) is 0 Å². The van der Waals surface area contributed by atoms with Gasteiger partial charge < -0.3 is 10.5 Å². The van der Waals surface area contributed by atoms with Crippen LogP contribution < -0.4 is 10.5 Å². The summed E-state index contributed by atoms with van der Waals surface area (Å²) in [5.74, 6) is 0.706. The second-order valence-electron chi connectivity index (χ2n) is 4.84. The third kappa shape index (κ3) is 3.06. The molecule has 2 N–H and O–H groups in total. The van der Waals surface area contributed by atoms with Gasteiger partial charge in [-0.15, -0.1) is 11.3 Å². The molecule has 0 saturated carbocycles. The summed E-state index contributed by atoms with van der Waals surface area (Å²) in [6.07, 6.45) is 0. The molecule has 3 nitrogen and oxygen atoms in total. The molecule has 0 aliphatic carbocycles. The number of ether oxygens (including phenoxy) is 1. The topological polar surface area (TPSA) is 48.1 Å². The minimum Gasteiger partial charge on any atom is -0.487 e. The lowest BCUT2D eigenvalue weighted by Crippen LogP contribution is -2.00. The SMILES string of the molecule is Cc1ccccc1COc1ccc(-c2cscn2)cc1N. The highest BCUT2D eigenvalue weighted by molar-refractivity contribution is 7.07. The van der Waals surface area contributed by atoms with Crippen LogP contribution in [0.2, 0.25) is 0 Å². The van der Waals surface area contributed by atoms with Gasteiger partial charge in [0.1, 0.15) is 12.4 Å². The van der Waals surface area contributed by atoms with Gasteiger partial charge in [0.2, 0.25) is 0 Å². The molecule has 0 amide bonds. The van der Waals surface area contributed by atoms with Crippen molar-refractivity contribution in [3.8, 4) is 17.0 Å². The monoisotopic (exact) mass is 296 g/mol. The molecule has 0 aliphatic heterocycles. The van der Waals surface area contributed by atoms with Crippen LogP contribution in [0.1, 0.15) is 11.1 Å².